The van der Waals surface area contributed by atoms with Gasteiger partial charge in [-0.25, -0.2) is 0 Å². The molecule has 1 atom stereocenters. The van der Waals surface area contributed by atoms with Gasteiger partial charge in [-0.2, -0.15) is 0 Å². The van der Waals surface area contributed by atoms with Crippen molar-refractivity contribution in [2.45, 2.75) is 200 Å². The topological polar surface area (TPSA) is 92.7 Å². The lowest BCUT2D eigenvalue weighted by Gasteiger charge is -2.18. The average molecular weight is 712 g/mol. The van der Waals surface area contributed by atoms with E-state index in [1.165, 1.54) is 70.6 Å². The van der Waals surface area contributed by atoms with Crippen LogP contribution in [0.15, 0.2) is 60.8 Å². The number of unbranched alkanes of at least 4 members (excludes halogenated alkanes) is 16. The van der Waals surface area contributed by atoms with Crippen molar-refractivity contribution >= 4 is 17.8 Å². The normalized spacial score (nSPS) is 12.7. The van der Waals surface area contributed by atoms with Crippen LogP contribution < -0.4 is 5.32 Å². The third-order valence-corrected chi connectivity index (χ3v) is 8.95. The highest BCUT2D eigenvalue weighted by Gasteiger charge is 2.14. The second-order valence-corrected chi connectivity index (χ2v) is 13.9. The van der Waals surface area contributed by atoms with Gasteiger partial charge in [-0.15, -0.1) is 0 Å². The second kappa shape index (κ2) is 39.9. The van der Waals surface area contributed by atoms with Gasteiger partial charge in [0.15, 0.2) is 0 Å². The Morgan fingerprint density at radius 3 is 1.43 bits per heavy atom. The van der Waals surface area contributed by atoms with Crippen molar-refractivity contribution in [3.63, 3.8) is 0 Å². The smallest absolute Gasteiger partial charge is 0.322 e. The van der Waals surface area contributed by atoms with Gasteiger partial charge < -0.3 is 15.2 Å². The van der Waals surface area contributed by atoms with Gasteiger partial charge in [-0.3, -0.25) is 14.4 Å². The number of hydrogen-bond donors (Lipinski definition) is 2. The molecule has 0 fully saturated rings. The van der Waals surface area contributed by atoms with Crippen molar-refractivity contribution in [3.8, 4) is 0 Å². The molecule has 0 spiro atoms. The van der Waals surface area contributed by atoms with Crippen molar-refractivity contribution in [2.24, 2.45) is 0 Å². The summed E-state index contributed by atoms with van der Waals surface area (Å²) < 4.78 is 6.00. The van der Waals surface area contributed by atoms with E-state index in [4.69, 9.17) is 9.84 Å². The van der Waals surface area contributed by atoms with Crippen LogP contribution >= 0.6 is 0 Å². The minimum atomic E-state index is -1.02. The fourth-order valence-corrected chi connectivity index (χ4v) is 5.90. The first-order valence-electron chi connectivity index (χ1n) is 20.9. The quantitative estimate of drug-likeness (QED) is 0.0380. The van der Waals surface area contributed by atoms with Crippen LogP contribution in [0.1, 0.15) is 194 Å². The van der Waals surface area contributed by atoms with Crippen molar-refractivity contribution in [3.05, 3.63) is 60.8 Å². The van der Waals surface area contributed by atoms with Crippen LogP contribution in [0.25, 0.3) is 0 Å². The number of carboxylic acid groups (broad SMARTS) is 1. The number of esters is 1. The number of amides is 1. The summed E-state index contributed by atoms with van der Waals surface area (Å²) in [6.07, 6.45) is 52.0. The minimum absolute atomic E-state index is 0.00360. The van der Waals surface area contributed by atoms with Gasteiger partial charge in [0.2, 0.25) is 5.91 Å². The molecule has 0 aromatic rings. The van der Waals surface area contributed by atoms with Crippen LogP contribution in [0.3, 0.4) is 0 Å². The molecule has 51 heavy (non-hydrogen) atoms. The highest BCUT2D eigenvalue weighted by Crippen LogP contribution is 2.18. The first-order chi connectivity index (χ1) is 25.0. The Balaban J connectivity index is 4.28. The molecule has 6 nitrogen and oxygen atoms in total. The first kappa shape index (κ1) is 48.1. The summed E-state index contributed by atoms with van der Waals surface area (Å²) in [5.74, 6) is -1.29. The van der Waals surface area contributed by atoms with Crippen molar-refractivity contribution < 1.29 is 24.2 Å². The van der Waals surface area contributed by atoms with E-state index in [-0.39, 0.29) is 24.5 Å². The third kappa shape index (κ3) is 39.7. The van der Waals surface area contributed by atoms with E-state index in [1.807, 2.05) is 0 Å². The van der Waals surface area contributed by atoms with Crippen LogP contribution in [-0.4, -0.2) is 35.6 Å². The van der Waals surface area contributed by atoms with Crippen LogP contribution in [0.2, 0.25) is 0 Å². The maximum Gasteiger partial charge on any atom is 0.322 e. The SMILES string of the molecule is CC/C=C\C/C=C\C/C=C\C/C=C\C/C=C\CCCC(=O)OC(CCCCCCCCCCCCCC)CCCCCCCC(=O)NCC(=O)O. The molecule has 1 amide bonds. The molecule has 0 heterocycles. The molecule has 1 unspecified atom stereocenters. The summed E-state index contributed by atoms with van der Waals surface area (Å²) in [4.78, 5) is 35.0. The summed E-state index contributed by atoms with van der Waals surface area (Å²) in [7, 11) is 0. The van der Waals surface area contributed by atoms with Crippen LogP contribution in [0.5, 0.6) is 0 Å². The lowest BCUT2D eigenvalue weighted by Crippen LogP contribution is -2.28. The van der Waals surface area contributed by atoms with Crippen LogP contribution in [0.4, 0.5) is 0 Å². The van der Waals surface area contributed by atoms with E-state index in [0.29, 0.717) is 12.8 Å². The van der Waals surface area contributed by atoms with Crippen LogP contribution in [0, 0.1) is 0 Å². The number of carbonyl (C=O) groups excluding carboxylic acids is 2. The number of allylic oxidation sites excluding steroid dienone is 10. The number of nitrogens with one attached hydrogen (secondary N) is 1. The zero-order chi connectivity index (χ0) is 37.3. The van der Waals surface area contributed by atoms with Gasteiger partial charge in [0.1, 0.15) is 12.6 Å². The van der Waals surface area contributed by atoms with Gasteiger partial charge in [-0.1, -0.05) is 164 Å². The average Bonchev–Trinajstić information content (AvgIpc) is 3.11. The minimum Gasteiger partial charge on any atom is -0.480 e. The zero-order valence-electron chi connectivity index (χ0n) is 32.9. The van der Waals surface area contributed by atoms with Gasteiger partial charge >= 0.3 is 11.9 Å². The number of rotatable bonds is 37. The Morgan fingerprint density at radius 1 is 0.529 bits per heavy atom. The lowest BCUT2D eigenvalue weighted by molar-refractivity contribution is -0.150. The molecule has 6 heteroatoms. The maximum atomic E-state index is 12.7. The van der Waals surface area contributed by atoms with E-state index in [1.54, 1.807) is 0 Å². The monoisotopic (exact) mass is 712 g/mol. The molecule has 0 aromatic carbocycles. The highest BCUT2D eigenvalue weighted by atomic mass is 16.5. The molecule has 292 valence electrons. The van der Waals surface area contributed by atoms with Crippen molar-refractivity contribution in [1.29, 1.82) is 0 Å². The Morgan fingerprint density at radius 2 is 0.961 bits per heavy atom. The Labute approximate surface area is 313 Å². The van der Waals surface area contributed by atoms with Crippen molar-refractivity contribution in [1.82, 2.24) is 5.32 Å². The predicted octanol–water partition coefficient (Wildman–Crippen LogP) is 12.8. The second-order valence-electron chi connectivity index (χ2n) is 13.9. The molecule has 0 aliphatic heterocycles. The molecule has 2 N–H and O–H groups in total. The largest absolute Gasteiger partial charge is 0.480 e. The van der Waals surface area contributed by atoms with Gasteiger partial charge in [0, 0.05) is 12.8 Å². The standard InChI is InChI=1S/C45H77NO5/c1-3-5-7-9-11-13-15-17-18-19-20-21-23-25-27-32-36-40-45(50)51-42(37-33-29-26-24-22-16-14-12-10-8-6-4-2)38-34-30-28-31-35-39-43(47)46-41-44(48)49/h5,7,11,13,17-18,20-21,25,27,42H,3-4,6,8-10,12,14-16,19,22-24,26,28-41H2,1-2H3,(H,46,47)(H,48,49)/b7-5-,13-11-,18-17-,21-20-,27-25-. The predicted molar refractivity (Wildman–Crippen MR) is 217 cm³/mol. The van der Waals surface area contributed by atoms with Crippen molar-refractivity contribution in [2.75, 3.05) is 6.54 Å². The molecule has 0 radical (unpaired) electrons. The molecule has 0 bridgehead atoms. The highest BCUT2D eigenvalue weighted by molar-refractivity contribution is 5.80. The maximum absolute atomic E-state index is 12.7. The zero-order valence-corrected chi connectivity index (χ0v) is 32.9. The fourth-order valence-electron chi connectivity index (χ4n) is 5.90. The van der Waals surface area contributed by atoms with E-state index in [2.05, 4.69) is 79.9 Å². The van der Waals surface area contributed by atoms with Crippen LogP contribution in [-0.2, 0) is 19.1 Å². The summed E-state index contributed by atoms with van der Waals surface area (Å²) >= 11 is 0. The van der Waals surface area contributed by atoms with E-state index in [9.17, 15) is 14.4 Å². The Kier molecular flexibility index (Phi) is 37.6. The molecule has 0 aromatic heterocycles. The van der Waals surface area contributed by atoms with E-state index >= 15 is 0 Å². The molecule has 0 rings (SSSR count). The van der Waals surface area contributed by atoms with E-state index in [0.717, 1.165) is 96.3 Å². The third-order valence-electron chi connectivity index (χ3n) is 8.95. The summed E-state index contributed by atoms with van der Waals surface area (Å²) in [6.45, 7) is 4.10. The molecular formula is C45H77NO5. The number of hydrogen-bond acceptors (Lipinski definition) is 4. The number of carbonyl (C=O) groups is 3. The summed E-state index contributed by atoms with van der Waals surface area (Å²) in [5, 5.41) is 11.1. The first-order valence-corrected chi connectivity index (χ1v) is 20.9. The molecular weight excluding hydrogens is 634 g/mol. The number of ether oxygens (including phenoxy) is 1. The number of aliphatic carboxylic acids is 1. The number of carboxylic acids is 1. The lowest BCUT2D eigenvalue weighted by atomic mass is 10.0. The summed E-state index contributed by atoms with van der Waals surface area (Å²) in [5.41, 5.74) is 0. The molecule has 0 saturated heterocycles. The Bertz CT molecular complexity index is 964. The van der Waals surface area contributed by atoms with Gasteiger partial charge in [-0.05, 0) is 77.0 Å². The van der Waals surface area contributed by atoms with Gasteiger partial charge in [0.25, 0.3) is 0 Å². The molecule has 0 aliphatic rings. The Hall–Kier alpha value is -2.89. The fraction of sp³-hybridized carbons (Fsp3) is 0.711. The van der Waals surface area contributed by atoms with Gasteiger partial charge in [0.05, 0.1) is 0 Å². The van der Waals surface area contributed by atoms with E-state index < -0.39 is 5.97 Å². The molecule has 0 aliphatic carbocycles. The summed E-state index contributed by atoms with van der Waals surface area (Å²) in [6, 6.07) is 0. The molecule has 0 saturated carbocycles.